The number of rotatable bonds is 8. The minimum absolute atomic E-state index is 0.0105. The number of para-hydroxylation sites is 1. The van der Waals surface area contributed by atoms with Gasteiger partial charge in [-0.05, 0) is 48.6 Å². The Bertz CT molecular complexity index is 930. The van der Waals surface area contributed by atoms with Crippen LogP contribution >= 0.6 is 0 Å². The molecular weight excluding hydrogens is 340 g/mol. The molecule has 0 bridgehead atoms. The van der Waals surface area contributed by atoms with Gasteiger partial charge in [0.25, 0.3) is 0 Å². The molecule has 3 aromatic rings. The molecule has 2 aromatic carbocycles. The van der Waals surface area contributed by atoms with Crippen LogP contribution in [0.25, 0.3) is 10.9 Å². The summed E-state index contributed by atoms with van der Waals surface area (Å²) in [6, 6.07) is 16.1. The Morgan fingerprint density at radius 2 is 1.81 bits per heavy atom. The highest BCUT2D eigenvalue weighted by molar-refractivity contribution is 5.81. The van der Waals surface area contributed by atoms with E-state index in [0.717, 1.165) is 18.5 Å². The number of fused-ring (bicyclic) bond motifs is 1. The lowest BCUT2D eigenvalue weighted by atomic mass is 10.1. The zero-order valence-corrected chi connectivity index (χ0v) is 16.1. The topological polar surface area (TPSA) is 52.5 Å². The van der Waals surface area contributed by atoms with E-state index in [1.54, 1.807) is 14.2 Å². The molecule has 0 spiro atoms. The number of nitrogens with zero attached hydrogens (tertiary/aromatic N) is 1. The Hall–Kier alpha value is -2.95. The number of benzene rings is 2. The zero-order chi connectivity index (χ0) is 19.2. The van der Waals surface area contributed by atoms with Crippen molar-refractivity contribution in [3.8, 4) is 11.5 Å². The largest absolute Gasteiger partial charge is 0.493 e. The summed E-state index contributed by atoms with van der Waals surface area (Å²) in [4.78, 5) is 12.2. The Morgan fingerprint density at radius 3 is 2.59 bits per heavy atom. The second-order valence-corrected chi connectivity index (χ2v) is 6.57. The quantitative estimate of drug-likeness (QED) is 0.618. The number of hydrogen-bond donors (Lipinski definition) is 1. The van der Waals surface area contributed by atoms with Crippen molar-refractivity contribution in [2.75, 3.05) is 20.8 Å². The third-order valence-corrected chi connectivity index (χ3v) is 4.71. The average molecular weight is 366 g/mol. The first-order chi connectivity index (χ1) is 13.1. The van der Waals surface area contributed by atoms with E-state index in [0.29, 0.717) is 24.5 Å². The lowest BCUT2D eigenvalue weighted by Gasteiger charge is -2.11. The van der Waals surface area contributed by atoms with Crippen molar-refractivity contribution in [2.24, 2.45) is 0 Å². The third-order valence-electron chi connectivity index (χ3n) is 4.71. The second-order valence-electron chi connectivity index (χ2n) is 6.57. The summed E-state index contributed by atoms with van der Waals surface area (Å²) in [5.41, 5.74) is 3.39. The fraction of sp³-hybridized carbons (Fsp3) is 0.318. The van der Waals surface area contributed by atoms with Crippen LogP contribution in [0.3, 0.4) is 0 Å². The third kappa shape index (κ3) is 4.42. The predicted octanol–water partition coefficient (Wildman–Crippen LogP) is 3.72. The first-order valence-electron chi connectivity index (χ1n) is 9.15. The van der Waals surface area contributed by atoms with Gasteiger partial charge in [0, 0.05) is 24.3 Å². The van der Waals surface area contributed by atoms with Crippen molar-refractivity contribution in [3.05, 3.63) is 59.8 Å². The molecule has 1 heterocycles. The summed E-state index contributed by atoms with van der Waals surface area (Å²) in [7, 11) is 3.19. The first kappa shape index (κ1) is 18.8. The number of carbonyl (C=O) groups excluding carboxylic acids is 1. The molecular formula is C22H26N2O3. The first-order valence-corrected chi connectivity index (χ1v) is 9.15. The Morgan fingerprint density at radius 1 is 1.04 bits per heavy atom. The van der Waals surface area contributed by atoms with Crippen LogP contribution in [0.1, 0.15) is 17.7 Å². The Kier molecular flexibility index (Phi) is 6.01. The van der Waals surface area contributed by atoms with Gasteiger partial charge in [-0.3, -0.25) is 4.79 Å². The molecule has 0 unspecified atom stereocenters. The molecule has 0 fully saturated rings. The molecule has 0 saturated heterocycles. The molecule has 3 rings (SSSR count). The van der Waals surface area contributed by atoms with Crippen LogP contribution in [-0.4, -0.2) is 31.2 Å². The molecule has 1 N–H and O–H groups in total. The molecule has 0 aliphatic carbocycles. The molecule has 142 valence electrons. The summed E-state index contributed by atoms with van der Waals surface area (Å²) in [6.45, 7) is 3.66. The summed E-state index contributed by atoms with van der Waals surface area (Å²) in [6.07, 6.45) is 1.21. The maximum absolute atomic E-state index is 12.2. The Labute approximate surface area is 159 Å². The van der Waals surface area contributed by atoms with Crippen molar-refractivity contribution >= 4 is 16.8 Å². The van der Waals surface area contributed by atoms with Crippen molar-refractivity contribution in [3.63, 3.8) is 0 Å². The number of methoxy groups -OCH3 is 2. The average Bonchev–Trinajstić information content (AvgIpc) is 3.00. The monoisotopic (exact) mass is 366 g/mol. The highest BCUT2D eigenvalue weighted by Crippen LogP contribution is 2.27. The van der Waals surface area contributed by atoms with Gasteiger partial charge in [-0.15, -0.1) is 0 Å². The smallest absolute Gasteiger partial charge is 0.224 e. The summed E-state index contributed by atoms with van der Waals surface area (Å²) in [5.74, 6) is 1.31. The molecule has 5 heteroatoms. The minimum atomic E-state index is 0.0105. The van der Waals surface area contributed by atoms with Crippen molar-refractivity contribution in [2.45, 2.75) is 26.3 Å². The maximum atomic E-state index is 12.2. The maximum Gasteiger partial charge on any atom is 0.224 e. The van der Waals surface area contributed by atoms with Crippen molar-refractivity contribution < 1.29 is 14.3 Å². The minimum Gasteiger partial charge on any atom is -0.493 e. The van der Waals surface area contributed by atoms with E-state index >= 15 is 0 Å². The van der Waals surface area contributed by atoms with Crippen molar-refractivity contribution in [1.29, 1.82) is 0 Å². The fourth-order valence-corrected chi connectivity index (χ4v) is 3.35. The highest BCUT2D eigenvalue weighted by Gasteiger charge is 2.09. The molecule has 0 saturated carbocycles. The molecule has 27 heavy (non-hydrogen) atoms. The Balaban J connectivity index is 1.50. The SMILES string of the molecule is COc1ccc(CC(=O)NCCCn2c(C)cc3ccccc32)cc1OC. The van der Waals surface area contributed by atoms with E-state index < -0.39 is 0 Å². The standard InChI is InChI=1S/C22H26N2O3/c1-16-13-18-7-4-5-8-19(18)24(16)12-6-11-23-22(25)15-17-9-10-20(26-2)21(14-17)27-3/h4-5,7-10,13-14H,6,11-12,15H2,1-3H3,(H,23,25). The van der Waals surface area contributed by atoms with E-state index in [-0.39, 0.29) is 5.91 Å². The van der Waals surface area contributed by atoms with Gasteiger partial charge in [0.2, 0.25) is 5.91 Å². The van der Waals surface area contributed by atoms with Gasteiger partial charge < -0.3 is 19.4 Å². The van der Waals surface area contributed by atoms with Gasteiger partial charge >= 0.3 is 0 Å². The lowest BCUT2D eigenvalue weighted by molar-refractivity contribution is -0.120. The van der Waals surface area contributed by atoms with E-state index in [4.69, 9.17) is 9.47 Å². The van der Waals surface area contributed by atoms with Gasteiger partial charge in [-0.1, -0.05) is 24.3 Å². The number of hydrogen-bond acceptors (Lipinski definition) is 3. The van der Waals surface area contributed by atoms with Crippen LogP contribution in [0.4, 0.5) is 0 Å². The molecule has 1 amide bonds. The molecule has 5 nitrogen and oxygen atoms in total. The van der Waals surface area contributed by atoms with E-state index in [1.807, 2.05) is 18.2 Å². The summed E-state index contributed by atoms with van der Waals surface area (Å²) >= 11 is 0. The van der Waals surface area contributed by atoms with Gasteiger partial charge in [0.1, 0.15) is 0 Å². The predicted molar refractivity (Wildman–Crippen MR) is 108 cm³/mol. The number of aryl methyl sites for hydroxylation is 2. The van der Waals surface area contributed by atoms with Crippen molar-refractivity contribution in [1.82, 2.24) is 9.88 Å². The summed E-state index contributed by atoms with van der Waals surface area (Å²) in [5, 5.41) is 4.26. The molecule has 0 aliphatic heterocycles. The van der Waals surface area contributed by atoms with Crippen LogP contribution < -0.4 is 14.8 Å². The van der Waals surface area contributed by atoms with E-state index in [2.05, 4.69) is 47.1 Å². The second kappa shape index (κ2) is 8.62. The summed E-state index contributed by atoms with van der Waals surface area (Å²) < 4.78 is 12.8. The lowest BCUT2D eigenvalue weighted by Crippen LogP contribution is -2.26. The molecule has 0 radical (unpaired) electrons. The van der Waals surface area contributed by atoms with Crippen LogP contribution in [0.2, 0.25) is 0 Å². The number of carbonyl (C=O) groups is 1. The number of aromatic nitrogens is 1. The highest BCUT2D eigenvalue weighted by atomic mass is 16.5. The van der Waals surface area contributed by atoms with Crippen LogP contribution in [0, 0.1) is 6.92 Å². The molecule has 0 atom stereocenters. The van der Waals surface area contributed by atoms with Gasteiger partial charge in [-0.25, -0.2) is 0 Å². The number of amides is 1. The van der Waals surface area contributed by atoms with E-state index in [9.17, 15) is 4.79 Å². The van der Waals surface area contributed by atoms with Gasteiger partial charge in [0.15, 0.2) is 11.5 Å². The number of nitrogens with one attached hydrogen (secondary N) is 1. The normalized spacial score (nSPS) is 10.8. The van der Waals surface area contributed by atoms with Crippen LogP contribution in [-0.2, 0) is 17.8 Å². The van der Waals surface area contributed by atoms with Gasteiger partial charge in [0.05, 0.1) is 20.6 Å². The number of ether oxygens (including phenoxy) is 2. The van der Waals surface area contributed by atoms with Crippen LogP contribution in [0.5, 0.6) is 11.5 Å². The zero-order valence-electron chi connectivity index (χ0n) is 16.1. The fourth-order valence-electron chi connectivity index (χ4n) is 3.35. The van der Waals surface area contributed by atoms with Gasteiger partial charge in [-0.2, -0.15) is 0 Å². The molecule has 1 aromatic heterocycles. The molecule has 0 aliphatic rings. The van der Waals surface area contributed by atoms with Crippen LogP contribution in [0.15, 0.2) is 48.5 Å². The van der Waals surface area contributed by atoms with E-state index in [1.165, 1.54) is 16.6 Å².